The maximum Gasteiger partial charge on any atom is 0.0690 e. The van der Waals surface area contributed by atoms with Gasteiger partial charge < -0.3 is 10.2 Å². The smallest absolute Gasteiger partial charge is 0.0690 e. The number of aryl methyl sites for hydroxylation is 1. The summed E-state index contributed by atoms with van der Waals surface area (Å²) in [7, 11) is 3.60. The predicted molar refractivity (Wildman–Crippen MR) is 122 cm³/mol. The maximum absolute atomic E-state index is 9.66. The zero-order valence-corrected chi connectivity index (χ0v) is 17.1. The van der Waals surface area contributed by atoms with Crippen LogP contribution >= 0.6 is 8.86 Å². The summed E-state index contributed by atoms with van der Waals surface area (Å²) in [5.74, 6) is 0. The molecule has 0 aromatic heterocycles. The van der Waals surface area contributed by atoms with E-state index in [4.69, 9.17) is 0 Å². The van der Waals surface area contributed by atoms with Gasteiger partial charge >= 0.3 is 0 Å². The average Bonchev–Trinajstić information content (AvgIpc) is 2.70. The van der Waals surface area contributed by atoms with Gasteiger partial charge in [-0.15, -0.1) is 8.86 Å². The highest BCUT2D eigenvalue weighted by Crippen LogP contribution is 2.36. The van der Waals surface area contributed by atoms with E-state index in [0.717, 1.165) is 24.7 Å². The molecule has 3 nitrogen and oxygen atoms in total. The molecule has 3 N–H and O–H groups in total. The van der Waals surface area contributed by atoms with E-state index < -0.39 is 6.10 Å². The summed E-state index contributed by atoms with van der Waals surface area (Å²) in [4.78, 5) is 0. The van der Waals surface area contributed by atoms with Crippen molar-refractivity contribution in [3.05, 3.63) is 60.2 Å². The summed E-state index contributed by atoms with van der Waals surface area (Å²) < 4.78 is 0. The van der Waals surface area contributed by atoms with Gasteiger partial charge in [-0.2, -0.15) is 0 Å². The number of hydrogen-bond acceptors (Lipinski definition) is 2. The van der Waals surface area contributed by atoms with Crippen molar-refractivity contribution in [3.8, 4) is 0 Å². The van der Waals surface area contributed by atoms with Gasteiger partial charge in [0.1, 0.15) is 0 Å². The molecule has 0 aliphatic rings. The third-order valence-corrected chi connectivity index (χ3v) is 6.02. The first-order valence-corrected chi connectivity index (χ1v) is 10.4. The van der Waals surface area contributed by atoms with Crippen LogP contribution < -0.4 is 5.32 Å². The molecule has 4 heteroatoms. The molecule has 0 heterocycles. The monoisotopic (exact) mass is 391 g/mol. The molecule has 4 aromatic rings. The van der Waals surface area contributed by atoms with Crippen LogP contribution in [0.1, 0.15) is 25.3 Å². The standard InChI is InChI=1S/C24H26NO2P/c1-15(27)21(14-26)25-22(28)7-3-4-16-8-9-19-11-10-17-5-2-6-18-12-13-20(16)24(19)23(17)18/h2,5-6,8-13,15,21,25-28H,3-4,7,14H2,1H3/t15-,21-/m0/s1. The molecule has 0 amide bonds. The largest absolute Gasteiger partial charge is 0.395 e. The van der Waals surface area contributed by atoms with Gasteiger partial charge in [-0.1, -0.05) is 54.6 Å². The summed E-state index contributed by atoms with van der Waals surface area (Å²) in [6.07, 6.45) is 2.19. The van der Waals surface area contributed by atoms with Crippen molar-refractivity contribution in [1.29, 1.82) is 0 Å². The molecule has 144 valence electrons. The van der Waals surface area contributed by atoms with Gasteiger partial charge in [-0.25, -0.2) is 0 Å². The van der Waals surface area contributed by atoms with Gasteiger partial charge in [0.25, 0.3) is 0 Å². The van der Waals surface area contributed by atoms with E-state index in [2.05, 4.69) is 68.8 Å². The zero-order valence-electron chi connectivity index (χ0n) is 16.1. The summed E-state index contributed by atoms with van der Waals surface area (Å²) in [6.45, 7) is 1.58. The highest BCUT2D eigenvalue weighted by Gasteiger charge is 2.14. The van der Waals surface area contributed by atoms with Crippen LogP contribution in [0.15, 0.2) is 54.6 Å². The van der Waals surface area contributed by atoms with Gasteiger partial charge in [0.05, 0.1) is 18.8 Å². The predicted octanol–water partition coefficient (Wildman–Crippen LogP) is 4.51. The van der Waals surface area contributed by atoms with Gasteiger partial charge in [-0.05, 0) is 64.1 Å². The van der Waals surface area contributed by atoms with Crippen LogP contribution in [0, 0.1) is 0 Å². The molecule has 2 atom stereocenters. The first-order chi connectivity index (χ1) is 13.6. The fraction of sp³-hybridized carbons (Fsp3) is 0.292. The van der Waals surface area contributed by atoms with Crippen LogP contribution in [0.2, 0.25) is 0 Å². The Morgan fingerprint density at radius 3 is 2.29 bits per heavy atom. The topological polar surface area (TPSA) is 52.5 Å². The van der Waals surface area contributed by atoms with Crippen molar-refractivity contribution in [2.75, 3.05) is 6.61 Å². The van der Waals surface area contributed by atoms with E-state index in [0.29, 0.717) is 0 Å². The van der Waals surface area contributed by atoms with E-state index in [1.165, 1.54) is 37.9 Å². The van der Waals surface area contributed by atoms with E-state index in [1.807, 2.05) is 0 Å². The molecule has 0 aliphatic carbocycles. The van der Waals surface area contributed by atoms with Crippen LogP contribution in [-0.2, 0) is 6.42 Å². The van der Waals surface area contributed by atoms with Crippen molar-refractivity contribution in [2.24, 2.45) is 0 Å². The summed E-state index contributed by atoms with van der Waals surface area (Å²) >= 11 is 0. The first-order valence-electron chi connectivity index (χ1n) is 9.87. The van der Waals surface area contributed by atoms with Crippen molar-refractivity contribution in [2.45, 2.75) is 38.3 Å². The lowest BCUT2D eigenvalue weighted by Crippen LogP contribution is -2.43. The molecule has 0 saturated carbocycles. The zero-order chi connectivity index (χ0) is 19.7. The summed E-state index contributed by atoms with van der Waals surface area (Å²) in [6, 6.07) is 19.5. The SMILES string of the molecule is C[C@H](O)[C@H](CO)NC(=P)CCCc1ccc2ccc3cccc4ccc1c2c34. The molecule has 0 radical (unpaired) electrons. The van der Waals surface area contributed by atoms with E-state index >= 15 is 0 Å². The number of rotatable bonds is 8. The highest BCUT2D eigenvalue weighted by atomic mass is 31.0. The number of nitrogens with one attached hydrogen (secondary N) is 1. The average molecular weight is 391 g/mol. The normalized spacial score (nSPS) is 14.1. The minimum atomic E-state index is -0.603. The second kappa shape index (κ2) is 8.14. The lowest BCUT2D eigenvalue weighted by Gasteiger charge is -2.20. The Labute approximate surface area is 167 Å². The van der Waals surface area contributed by atoms with Crippen molar-refractivity contribution in [3.63, 3.8) is 0 Å². The van der Waals surface area contributed by atoms with Crippen LogP contribution in [0.5, 0.6) is 0 Å². The van der Waals surface area contributed by atoms with Crippen LogP contribution in [0.25, 0.3) is 32.3 Å². The Balaban J connectivity index is 1.55. The highest BCUT2D eigenvalue weighted by molar-refractivity contribution is 7.20. The molecule has 0 aliphatic heterocycles. The van der Waals surface area contributed by atoms with E-state index in [1.54, 1.807) is 6.92 Å². The quantitative estimate of drug-likeness (QED) is 0.306. The minimum Gasteiger partial charge on any atom is -0.395 e. The van der Waals surface area contributed by atoms with Gasteiger partial charge in [0, 0.05) is 5.42 Å². The third-order valence-electron chi connectivity index (χ3n) is 5.63. The van der Waals surface area contributed by atoms with Crippen molar-refractivity contribution < 1.29 is 10.2 Å². The van der Waals surface area contributed by atoms with Crippen LogP contribution in [0.3, 0.4) is 0 Å². The number of aliphatic hydroxyl groups excluding tert-OH is 2. The molecule has 4 rings (SSSR count). The molecule has 4 aromatic carbocycles. The molecule has 0 unspecified atom stereocenters. The van der Waals surface area contributed by atoms with Crippen LogP contribution in [-0.4, -0.2) is 34.4 Å². The molecule has 0 saturated heterocycles. The number of hydrogen-bond donors (Lipinski definition) is 3. The molecular formula is C24H26NO2P. The second-order valence-electron chi connectivity index (χ2n) is 7.59. The van der Waals surface area contributed by atoms with Gasteiger partial charge in [-0.3, -0.25) is 5.32 Å². The second-order valence-corrected chi connectivity index (χ2v) is 8.19. The van der Waals surface area contributed by atoms with Crippen molar-refractivity contribution in [1.82, 2.24) is 5.32 Å². The number of benzene rings is 4. The molecule has 0 bridgehead atoms. The number of aliphatic hydroxyl groups is 2. The lowest BCUT2D eigenvalue weighted by molar-refractivity contribution is 0.114. The third kappa shape index (κ3) is 3.64. The van der Waals surface area contributed by atoms with E-state index in [9.17, 15) is 10.2 Å². The Morgan fingerprint density at radius 2 is 1.61 bits per heavy atom. The lowest BCUT2D eigenvalue weighted by atomic mass is 9.90. The Kier molecular flexibility index (Phi) is 5.61. The van der Waals surface area contributed by atoms with E-state index in [-0.39, 0.29) is 12.6 Å². The maximum atomic E-state index is 9.66. The fourth-order valence-electron chi connectivity index (χ4n) is 4.08. The Hall–Kier alpha value is -2.03. The fourth-order valence-corrected chi connectivity index (χ4v) is 4.45. The van der Waals surface area contributed by atoms with Crippen molar-refractivity contribution >= 4 is 46.6 Å². The Morgan fingerprint density at radius 1 is 0.964 bits per heavy atom. The molecular weight excluding hydrogens is 365 g/mol. The first kappa shape index (κ1) is 19.3. The minimum absolute atomic E-state index is 0.0966. The Bertz CT molecular complexity index is 1110. The molecule has 28 heavy (non-hydrogen) atoms. The van der Waals surface area contributed by atoms with Crippen LogP contribution in [0.4, 0.5) is 0 Å². The summed E-state index contributed by atoms with van der Waals surface area (Å²) in [5, 5.41) is 30.1. The summed E-state index contributed by atoms with van der Waals surface area (Å²) in [5.41, 5.74) is 2.28. The van der Waals surface area contributed by atoms with Gasteiger partial charge in [0.2, 0.25) is 0 Å². The molecule has 0 spiro atoms. The molecule has 0 fully saturated rings. The van der Waals surface area contributed by atoms with Gasteiger partial charge in [0.15, 0.2) is 0 Å².